The number of rotatable bonds is 3. The van der Waals surface area contributed by atoms with Crippen LogP contribution in [0.15, 0.2) is 29.1 Å². The highest BCUT2D eigenvalue weighted by atomic mass is 19.4. The Bertz CT molecular complexity index is 970. The highest BCUT2D eigenvalue weighted by Gasteiger charge is 2.30. The van der Waals surface area contributed by atoms with E-state index in [0.29, 0.717) is 34.5 Å². The third-order valence-electron chi connectivity index (χ3n) is 4.21. The Morgan fingerprint density at radius 3 is 2.44 bits per heavy atom. The Morgan fingerprint density at radius 1 is 1.24 bits per heavy atom. The van der Waals surface area contributed by atoms with Gasteiger partial charge in [-0.15, -0.1) is 0 Å². The summed E-state index contributed by atoms with van der Waals surface area (Å²) in [6.45, 7) is 5.39. The Morgan fingerprint density at radius 2 is 1.88 bits per heavy atom. The largest absolute Gasteiger partial charge is 0.416 e. The predicted molar refractivity (Wildman–Crippen MR) is 87.5 cm³/mol. The zero-order valence-electron chi connectivity index (χ0n) is 14.0. The molecule has 0 aliphatic heterocycles. The fraction of sp³-hybridized carbons (Fsp3) is 0.353. The van der Waals surface area contributed by atoms with Gasteiger partial charge in [0, 0.05) is 6.42 Å². The Hall–Kier alpha value is -2.64. The molecule has 3 aromatic rings. The molecule has 0 aliphatic rings. The molecule has 132 valence electrons. The Balaban J connectivity index is 2.09. The van der Waals surface area contributed by atoms with E-state index in [9.17, 15) is 18.0 Å². The second kappa shape index (κ2) is 6.02. The van der Waals surface area contributed by atoms with Crippen LogP contribution >= 0.6 is 0 Å². The maximum atomic E-state index is 12.7. The number of H-pyrrole nitrogens is 1. The lowest BCUT2D eigenvalue weighted by Crippen LogP contribution is -2.14. The predicted octanol–water partition coefficient (Wildman–Crippen LogP) is 3.62. The first-order chi connectivity index (χ1) is 11.7. The van der Waals surface area contributed by atoms with Gasteiger partial charge in [0.2, 0.25) is 0 Å². The number of benzene rings is 1. The zero-order valence-corrected chi connectivity index (χ0v) is 14.0. The number of nitrogens with one attached hydrogen (secondary N) is 1. The lowest BCUT2D eigenvalue weighted by molar-refractivity contribution is -0.137. The fourth-order valence-corrected chi connectivity index (χ4v) is 2.79. The van der Waals surface area contributed by atoms with Crippen molar-refractivity contribution in [2.24, 2.45) is 0 Å². The standard InChI is InChI=1S/C17H17F3N4O/c1-4-13-21-15-14(16(25)22-13)9(2)23-24(15)10(3)11-5-7-12(8-6-11)17(18,19)20/h5-8,10H,4H2,1-3H3,(H,21,22,25). The van der Waals surface area contributed by atoms with E-state index in [1.165, 1.54) is 12.1 Å². The van der Waals surface area contributed by atoms with Gasteiger partial charge >= 0.3 is 6.18 Å². The molecule has 8 heteroatoms. The van der Waals surface area contributed by atoms with E-state index in [-0.39, 0.29) is 11.6 Å². The van der Waals surface area contributed by atoms with Crippen LogP contribution in [0.1, 0.15) is 42.5 Å². The number of fused-ring (bicyclic) bond motifs is 1. The summed E-state index contributed by atoms with van der Waals surface area (Å²) < 4.78 is 39.7. The summed E-state index contributed by atoms with van der Waals surface area (Å²) in [6, 6.07) is 4.57. The molecular formula is C17H17F3N4O. The van der Waals surface area contributed by atoms with Gasteiger partial charge in [0.05, 0.1) is 17.3 Å². The van der Waals surface area contributed by atoms with Crippen molar-refractivity contribution in [1.82, 2.24) is 19.7 Å². The quantitative estimate of drug-likeness (QED) is 0.785. The summed E-state index contributed by atoms with van der Waals surface area (Å²) >= 11 is 0. The molecule has 0 saturated carbocycles. The normalized spacial score (nSPS) is 13.4. The number of aromatic nitrogens is 4. The van der Waals surface area contributed by atoms with Crippen LogP contribution in [-0.2, 0) is 12.6 Å². The molecular weight excluding hydrogens is 333 g/mol. The second-order valence-corrected chi connectivity index (χ2v) is 5.89. The Kier molecular flexibility index (Phi) is 4.14. The van der Waals surface area contributed by atoms with E-state index in [2.05, 4.69) is 15.1 Å². The van der Waals surface area contributed by atoms with Gasteiger partial charge in [0.15, 0.2) is 5.65 Å². The smallest absolute Gasteiger partial charge is 0.310 e. The lowest BCUT2D eigenvalue weighted by atomic mass is 10.1. The molecule has 1 N–H and O–H groups in total. The average Bonchev–Trinajstić information content (AvgIpc) is 2.90. The Labute approximate surface area is 141 Å². The minimum atomic E-state index is -4.37. The van der Waals surface area contributed by atoms with Gasteiger partial charge in [0.25, 0.3) is 5.56 Å². The second-order valence-electron chi connectivity index (χ2n) is 5.89. The lowest BCUT2D eigenvalue weighted by Gasteiger charge is -2.15. The number of hydrogen-bond acceptors (Lipinski definition) is 3. The topological polar surface area (TPSA) is 63.6 Å². The van der Waals surface area contributed by atoms with Crippen molar-refractivity contribution >= 4 is 11.0 Å². The first-order valence-corrected chi connectivity index (χ1v) is 7.87. The molecule has 0 spiro atoms. The number of halogens is 3. The van der Waals surface area contributed by atoms with Crippen molar-refractivity contribution < 1.29 is 13.2 Å². The van der Waals surface area contributed by atoms with Crippen molar-refractivity contribution in [3.05, 3.63) is 57.3 Å². The van der Waals surface area contributed by atoms with Gasteiger partial charge in [-0.2, -0.15) is 18.3 Å². The van der Waals surface area contributed by atoms with Crippen LogP contribution in [0.3, 0.4) is 0 Å². The first kappa shape index (κ1) is 17.2. The van der Waals surface area contributed by atoms with E-state index >= 15 is 0 Å². The molecule has 2 aromatic heterocycles. The van der Waals surface area contributed by atoms with Gasteiger partial charge in [-0.3, -0.25) is 4.79 Å². The van der Waals surface area contributed by atoms with Crippen LogP contribution in [0.5, 0.6) is 0 Å². The third kappa shape index (κ3) is 3.04. The van der Waals surface area contributed by atoms with Crippen LogP contribution in [0.2, 0.25) is 0 Å². The number of alkyl halides is 3. The summed E-state index contributed by atoms with van der Waals surface area (Å²) in [4.78, 5) is 19.4. The molecule has 3 rings (SSSR count). The average molecular weight is 350 g/mol. The highest BCUT2D eigenvalue weighted by molar-refractivity contribution is 5.77. The molecule has 0 fully saturated rings. The van der Waals surface area contributed by atoms with E-state index in [1.807, 2.05) is 13.8 Å². The minimum absolute atomic E-state index is 0.259. The third-order valence-corrected chi connectivity index (χ3v) is 4.21. The summed E-state index contributed by atoms with van der Waals surface area (Å²) in [5, 5.41) is 4.78. The molecule has 1 unspecified atom stereocenters. The summed E-state index contributed by atoms with van der Waals surface area (Å²) in [6.07, 6.45) is -3.81. The molecule has 0 radical (unpaired) electrons. The summed E-state index contributed by atoms with van der Waals surface area (Å²) in [5.41, 5.74) is 0.659. The maximum absolute atomic E-state index is 12.7. The van der Waals surface area contributed by atoms with E-state index in [4.69, 9.17) is 0 Å². The number of hydrogen-bond donors (Lipinski definition) is 1. The summed E-state index contributed by atoms with van der Waals surface area (Å²) in [5.74, 6) is 0.540. The van der Waals surface area contributed by atoms with Gasteiger partial charge in [-0.25, -0.2) is 9.67 Å². The van der Waals surface area contributed by atoms with E-state index in [1.54, 1.807) is 11.6 Å². The van der Waals surface area contributed by atoms with Crippen LogP contribution in [-0.4, -0.2) is 19.7 Å². The van der Waals surface area contributed by atoms with Crippen LogP contribution in [0.25, 0.3) is 11.0 Å². The van der Waals surface area contributed by atoms with Gasteiger partial charge in [-0.1, -0.05) is 19.1 Å². The van der Waals surface area contributed by atoms with E-state index < -0.39 is 11.7 Å². The molecule has 25 heavy (non-hydrogen) atoms. The molecule has 0 bridgehead atoms. The molecule has 5 nitrogen and oxygen atoms in total. The van der Waals surface area contributed by atoms with Crippen molar-refractivity contribution in [2.75, 3.05) is 0 Å². The van der Waals surface area contributed by atoms with Gasteiger partial charge < -0.3 is 4.98 Å². The zero-order chi connectivity index (χ0) is 18.4. The SMILES string of the molecule is CCc1nc2c(c(C)nn2C(C)c2ccc(C(F)(F)F)cc2)c(=O)[nH]1. The van der Waals surface area contributed by atoms with Crippen LogP contribution < -0.4 is 5.56 Å². The van der Waals surface area contributed by atoms with Crippen molar-refractivity contribution in [3.8, 4) is 0 Å². The minimum Gasteiger partial charge on any atom is -0.310 e. The molecule has 2 heterocycles. The highest BCUT2D eigenvalue weighted by Crippen LogP contribution is 2.31. The fourth-order valence-electron chi connectivity index (χ4n) is 2.79. The molecule has 1 aromatic carbocycles. The summed E-state index contributed by atoms with van der Waals surface area (Å²) in [7, 11) is 0. The van der Waals surface area contributed by atoms with Crippen LogP contribution in [0.4, 0.5) is 13.2 Å². The van der Waals surface area contributed by atoms with Gasteiger partial charge in [0.1, 0.15) is 11.2 Å². The monoisotopic (exact) mass is 350 g/mol. The molecule has 0 aliphatic carbocycles. The number of aryl methyl sites for hydroxylation is 2. The van der Waals surface area contributed by atoms with Gasteiger partial charge in [-0.05, 0) is 31.5 Å². The maximum Gasteiger partial charge on any atom is 0.416 e. The molecule has 0 amide bonds. The van der Waals surface area contributed by atoms with E-state index in [0.717, 1.165) is 12.1 Å². The first-order valence-electron chi connectivity index (χ1n) is 7.87. The number of aromatic amines is 1. The van der Waals surface area contributed by atoms with Crippen molar-refractivity contribution in [3.63, 3.8) is 0 Å². The molecule has 0 saturated heterocycles. The number of nitrogens with zero attached hydrogens (tertiary/aromatic N) is 3. The van der Waals surface area contributed by atoms with Crippen molar-refractivity contribution in [2.45, 2.75) is 39.4 Å². The molecule has 1 atom stereocenters. The van der Waals surface area contributed by atoms with Crippen molar-refractivity contribution in [1.29, 1.82) is 0 Å². The van der Waals surface area contributed by atoms with Crippen LogP contribution in [0, 0.1) is 6.92 Å².